The molecular formula is C24H30O2. The molecule has 0 bridgehead atoms. The maximum absolute atomic E-state index is 12.8. The van der Waals surface area contributed by atoms with Crippen molar-refractivity contribution in [3.63, 3.8) is 0 Å². The third kappa shape index (κ3) is 3.70. The van der Waals surface area contributed by atoms with Crippen LogP contribution in [0.2, 0.25) is 0 Å². The molecule has 0 aromatic heterocycles. The number of unbranched alkanes of at least 4 members (excludes halogenated alkanes) is 2. The van der Waals surface area contributed by atoms with Crippen molar-refractivity contribution in [2.75, 3.05) is 0 Å². The van der Waals surface area contributed by atoms with E-state index < -0.39 is 0 Å². The molecule has 26 heavy (non-hydrogen) atoms. The number of hydrogen-bond donors (Lipinski definition) is 0. The molecule has 2 nitrogen and oxygen atoms in total. The third-order valence-electron chi connectivity index (χ3n) is 5.49. The quantitative estimate of drug-likeness (QED) is 0.449. The van der Waals surface area contributed by atoms with Crippen LogP contribution >= 0.6 is 0 Å². The Morgan fingerprint density at radius 3 is 2.35 bits per heavy atom. The van der Waals surface area contributed by atoms with E-state index in [-0.39, 0.29) is 11.9 Å². The lowest BCUT2D eigenvalue weighted by Gasteiger charge is -2.13. The van der Waals surface area contributed by atoms with Gasteiger partial charge in [-0.2, -0.15) is 0 Å². The van der Waals surface area contributed by atoms with Crippen LogP contribution in [0, 0.1) is 13.8 Å². The van der Waals surface area contributed by atoms with Crippen molar-refractivity contribution in [3.05, 3.63) is 63.7 Å². The summed E-state index contributed by atoms with van der Waals surface area (Å²) < 4.78 is 5.79. The topological polar surface area (TPSA) is 26.3 Å². The summed E-state index contributed by atoms with van der Waals surface area (Å²) in [5, 5.41) is 0. The number of benzene rings is 2. The second kappa shape index (κ2) is 8.07. The minimum atomic E-state index is -0.286. The summed E-state index contributed by atoms with van der Waals surface area (Å²) in [5.74, 6) is 0.409. The number of carbonyl (C=O) groups is 1. The highest BCUT2D eigenvalue weighted by Gasteiger charge is 2.36. The molecule has 0 fully saturated rings. The van der Waals surface area contributed by atoms with Gasteiger partial charge in [-0.15, -0.1) is 0 Å². The van der Waals surface area contributed by atoms with Gasteiger partial charge in [0.05, 0.1) is 0 Å². The zero-order valence-corrected chi connectivity index (χ0v) is 16.5. The Morgan fingerprint density at radius 1 is 0.923 bits per heavy atom. The number of carbonyl (C=O) groups excluding carboxylic acids is 1. The summed E-state index contributed by atoms with van der Waals surface area (Å²) in [6, 6.07) is 10.8. The van der Waals surface area contributed by atoms with Gasteiger partial charge in [-0.1, -0.05) is 57.0 Å². The second-order valence-electron chi connectivity index (χ2n) is 7.58. The molecule has 2 aromatic rings. The standard InChI is InChI=1S/C24H30O2/c1-5-7-9-18-14-20(10-8-6-2)23-21(15-18)22(24(25)26-23)19-12-11-16(3)17(4)13-19/h11-15,22H,5-10H2,1-4H3. The predicted molar refractivity (Wildman–Crippen MR) is 107 cm³/mol. The first-order valence-electron chi connectivity index (χ1n) is 9.99. The Labute approximate surface area is 157 Å². The van der Waals surface area contributed by atoms with Gasteiger partial charge < -0.3 is 4.74 Å². The number of fused-ring (bicyclic) bond motifs is 1. The molecule has 0 spiro atoms. The minimum absolute atomic E-state index is 0.131. The van der Waals surface area contributed by atoms with Crippen molar-refractivity contribution >= 4 is 5.97 Å². The Bertz CT molecular complexity index is 804. The fourth-order valence-corrected chi connectivity index (χ4v) is 3.75. The molecule has 0 N–H and O–H groups in total. The molecule has 0 amide bonds. The van der Waals surface area contributed by atoms with Gasteiger partial charge in [0.25, 0.3) is 0 Å². The summed E-state index contributed by atoms with van der Waals surface area (Å²) in [6.45, 7) is 8.62. The van der Waals surface area contributed by atoms with Gasteiger partial charge in [-0.25, -0.2) is 0 Å². The van der Waals surface area contributed by atoms with Crippen molar-refractivity contribution in [1.29, 1.82) is 0 Å². The molecule has 3 rings (SSSR count). The number of ether oxygens (including phenoxy) is 1. The number of aryl methyl sites for hydroxylation is 4. The van der Waals surface area contributed by atoms with Crippen LogP contribution in [-0.2, 0) is 17.6 Å². The van der Waals surface area contributed by atoms with Crippen LogP contribution in [0.3, 0.4) is 0 Å². The highest BCUT2D eigenvalue weighted by molar-refractivity contribution is 5.90. The smallest absolute Gasteiger partial charge is 0.323 e. The van der Waals surface area contributed by atoms with E-state index in [1.165, 1.54) is 35.1 Å². The minimum Gasteiger partial charge on any atom is -0.425 e. The van der Waals surface area contributed by atoms with E-state index in [0.717, 1.165) is 42.6 Å². The monoisotopic (exact) mass is 350 g/mol. The first-order valence-corrected chi connectivity index (χ1v) is 9.99. The number of hydrogen-bond acceptors (Lipinski definition) is 2. The molecule has 0 saturated heterocycles. The zero-order chi connectivity index (χ0) is 18.7. The van der Waals surface area contributed by atoms with Crippen molar-refractivity contribution in [1.82, 2.24) is 0 Å². The molecule has 2 aromatic carbocycles. The summed E-state index contributed by atoms with van der Waals surface area (Å²) in [7, 11) is 0. The Balaban J connectivity index is 2.06. The highest BCUT2D eigenvalue weighted by Crippen LogP contribution is 2.43. The summed E-state index contributed by atoms with van der Waals surface area (Å²) in [5.41, 5.74) is 7.13. The first kappa shape index (κ1) is 18.7. The van der Waals surface area contributed by atoms with Gasteiger partial charge in [0.15, 0.2) is 0 Å². The lowest BCUT2D eigenvalue weighted by molar-refractivity contribution is -0.133. The molecule has 1 aliphatic heterocycles. The van der Waals surface area contributed by atoms with E-state index in [1.54, 1.807) is 0 Å². The van der Waals surface area contributed by atoms with Crippen molar-refractivity contribution in [2.45, 2.75) is 72.1 Å². The fourth-order valence-electron chi connectivity index (χ4n) is 3.75. The van der Waals surface area contributed by atoms with Crippen LogP contribution in [0.5, 0.6) is 5.75 Å². The van der Waals surface area contributed by atoms with Gasteiger partial charge in [-0.3, -0.25) is 4.79 Å². The molecule has 0 radical (unpaired) electrons. The first-order chi connectivity index (χ1) is 12.5. The van der Waals surface area contributed by atoms with Gasteiger partial charge in [-0.05, 0) is 67.3 Å². The Hall–Kier alpha value is -2.09. The average molecular weight is 351 g/mol. The van der Waals surface area contributed by atoms with E-state index in [9.17, 15) is 4.79 Å². The summed E-state index contributed by atoms with van der Waals surface area (Å²) >= 11 is 0. The van der Waals surface area contributed by atoms with Gasteiger partial charge in [0.2, 0.25) is 0 Å². The van der Waals surface area contributed by atoms with Crippen LogP contribution in [0.15, 0.2) is 30.3 Å². The summed E-state index contributed by atoms with van der Waals surface area (Å²) in [6.07, 6.45) is 6.66. The fraction of sp³-hybridized carbons (Fsp3) is 0.458. The molecule has 0 aliphatic carbocycles. The molecule has 0 saturated carbocycles. The molecule has 1 unspecified atom stereocenters. The zero-order valence-electron chi connectivity index (χ0n) is 16.5. The van der Waals surface area contributed by atoms with Crippen LogP contribution < -0.4 is 4.74 Å². The van der Waals surface area contributed by atoms with E-state index in [0.29, 0.717) is 0 Å². The lowest BCUT2D eigenvalue weighted by atomic mass is 9.87. The Morgan fingerprint density at radius 2 is 1.65 bits per heavy atom. The third-order valence-corrected chi connectivity index (χ3v) is 5.49. The van der Waals surface area contributed by atoms with Crippen molar-refractivity contribution in [3.8, 4) is 5.75 Å². The van der Waals surface area contributed by atoms with E-state index in [1.807, 2.05) is 0 Å². The largest absolute Gasteiger partial charge is 0.425 e. The van der Waals surface area contributed by atoms with Gasteiger partial charge in [0, 0.05) is 5.56 Å². The normalized spacial score (nSPS) is 15.8. The highest BCUT2D eigenvalue weighted by atomic mass is 16.5. The van der Waals surface area contributed by atoms with Crippen molar-refractivity contribution in [2.24, 2.45) is 0 Å². The molecule has 1 aliphatic rings. The maximum atomic E-state index is 12.8. The average Bonchev–Trinajstić information content (AvgIpc) is 2.96. The Kier molecular flexibility index (Phi) is 5.80. The van der Waals surface area contributed by atoms with Crippen LogP contribution in [0.1, 0.15) is 78.8 Å². The van der Waals surface area contributed by atoms with Crippen LogP contribution in [0.25, 0.3) is 0 Å². The maximum Gasteiger partial charge on any atom is 0.323 e. The lowest BCUT2D eigenvalue weighted by Crippen LogP contribution is -2.11. The second-order valence-corrected chi connectivity index (χ2v) is 7.58. The summed E-state index contributed by atoms with van der Waals surface area (Å²) in [4.78, 5) is 12.8. The predicted octanol–water partition coefficient (Wildman–Crippen LogP) is 6.04. The molecular weight excluding hydrogens is 320 g/mol. The molecule has 1 heterocycles. The molecule has 1 atom stereocenters. The van der Waals surface area contributed by atoms with E-state index in [4.69, 9.17) is 4.74 Å². The van der Waals surface area contributed by atoms with Gasteiger partial charge in [0.1, 0.15) is 11.7 Å². The number of rotatable bonds is 7. The number of esters is 1. The van der Waals surface area contributed by atoms with Crippen LogP contribution in [-0.4, -0.2) is 5.97 Å². The van der Waals surface area contributed by atoms with E-state index in [2.05, 4.69) is 58.0 Å². The molecule has 138 valence electrons. The van der Waals surface area contributed by atoms with Crippen molar-refractivity contribution < 1.29 is 9.53 Å². The van der Waals surface area contributed by atoms with Gasteiger partial charge >= 0.3 is 5.97 Å². The SMILES string of the molecule is CCCCc1cc(CCCC)c2c(c1)C(c1ccc(C)c(C)c1)C(=O)O2. The van der Waals surface area contributed by atoms with Crippen LogP contribution in [0.4, 0.5) is 0 Å². The molecule has 2 heteroatoms. The van der Waals surface area contributed by atoms with E-state index >= 15 is 0 Å².